The molecule has 0 unspecified atom stereocenters. The number of carbonyl (C=O) groups excluding carboxylic acids is 2. The average Bonchev–Trinajstić information content (AvgIpc) is 2.72. The highest BCUT2D eigenvalue weighted by Crippen LogP contribution is 2.26. The standard InChI is InChI=1S/C22H26F3N5O2.3H2/c1-14(2)11-15-13-29(9-10-30(15)19(31)12-22(23,24)25)18-7-3-6-17(28-18)20(32)16-5-4-8-27-21(16)26;;;/h3-8,14-15H,9-13H2,1-2H3,(H2,26,27);3*1H/t15-;;;/m0.../s1. The first-order valence-electron chi connectivity index (χ1n) is 10.4. The van der Waals surface area contributed by atoms with Gasteiger partial charge in [0, 0.05) is 36.2 Å². The molecule has 1 fully saturated rings. The van der Waals surface area contributed by atoms with E-state index in [1.807, 2.05) is 18.7 Å². The molecule has 1 saturated heterocycles. The Labute approximate surface area is 188 Å². The fourth-order valence-corrected chi connectivity index (χ4v) is 3.88. The number of hydrogen-bond acceptors (Lipinski definition) is 6. The number of ketones is 1. The summed E-state index contributed by atoms with van der Waals surface area (Å²) in [6.07, 6.45) is -3.95. The lowest BCUT2D eigenvalue weighted by Gasteiger charge is -2.43. The third kappa shape index (κ3) is 5.74. The molecule has 0 aromatic carbocycles. The van der Waals surface area contributed by atoms with Gasteiger partial charge in [-0.15, -0.1) is 0 Å². The average molecular weight is 456 g/mol. The van der Waals surface area contributed by atoms with E-state index in [0.717, 1.165) is 0 Å². The maximum Gasteiger partial charge on any atom is 0.397 e. The van der Waals surface area contributed by atoms with E-state index in [0.29, 0.717) is 25.3 Å². The van der Waals surface area contributed by atoms with Gasteiger partial charge in [-0.2, -0.15) is 13.2 Å². The number of pyridine rings is 2. The Morgan fingerprint density at radius 1 is 1.22 bits per heavy atom. The lowest BCUT2D eigenvalue weighted by Crippen LogP contribution is -2.56. The minimum absolute atomic E-state index is 0. The second-order valence-corrected chi connectivity index (χ2v) is 8.25. The number of carbonyl (C=O) groups is 2. The number of anilines is 2. The summed E-state index contributed by atoms with van der Waals surface area (Å²) in [6, 6.07) is 7.81. The van der Waals surface area contributed by atoms with Crippen molar-refractivity contribution in [1.82, 2.24) is 14.9 Å². The number of nitrogens with two attached hydrogens (primary N) is 1. The molecule has 0 bridgehead atoms. The zero-order valence-corrected chi connectivity index (χ0v) is 18.0. The minimum atomic E-state index is -4.54. The van der Waals surface area contributed by atoms with Crippen LogP contribution in [0.1, 0.15) is 47.0 Å². The molecule has 2 aromatic heterocycles. The molecule has 0 saturated carbocycles. The van der Waals surface area contributed by atoms with Crippen molar-refractivity contribution in [2.75, 3.05) is 30.3 Å². The SMILES string of the molecule is CC(C)C[C@H]1CN(c2cccc(C(=O)c3cccnc3N)n2)CCN1C(=O)CC(F)(F)F.[HH].[HH].[HH]. The monoisotopic (exact) mass is 455 g/mol. The number of nitrogens with zero attached hydrogens (tertiary/aromatic N) is 4. The first-order chi connectivity index (χ1) is 15.0. The molecule has 2 aromatic rings. The lowest BCUT2D eigenvalue weighted by atomic mass is 9.99. The highest BCUT2D eigenvalue weighted by molar-refractivity contribution is 6.10. The third-order valence-corrected chi connectivity index (χ3v) is 5.27. The first-order valence-corrected chi connectivity index (χ1v) is 10.4. The van der Waals surface area contributed by atoms with E-state index < -0.39 is 18.5 Å². The number of alkyl halides is 3. The molecule has 3 heterocycles. The summed E-state index contributed by atoms with van der Waals surface area (Å²) in [5, 5.41) is 0. The van der Waals surface area contributed by atoms with Gasteiger partial charge in [0.05, 0.1) is 5.56 Å². The van der Waals surface area contributed by atoms with Crippen LogP contribution in [-0.4, -0.2) is 58.4 Å². The van der Waals surface area contributed by atoms with Gasteiger partial charge in [-0.3, -0.25) is 9.59 Å². The van der Waals surface area contributed by atoms with Crippen molar-refractivity contribution in [3.05, 3.63) is 47.8 Å². The Morgan fingerprint density at radius 3 is 2.62 bits per heavy atom. The smallest absolute Gasteiger partial charge is 0.383 e. The van der Waals surface area contributed by atoms with Crippen molar-refractivity contribution in [3.63, 3.8) is 0 Å². The largest absolute Gasteiger partial charge is 0.397 e. The van der Waals surface area contributed by atoms with Gasteiger partial charge >= 0.3 is 6.18 Å². The van der Waals surface area contributed by atoms with Gasteiger partial charge in [0.15, 0.2) is 0 Å². The van der Waals surface area contributed by atoms with Gasteiger partial charge in [0.2, 0.25) is 11.7 Å². The molecule has 32 heavy (non-hydrogen) atoms. The molecular weight excluding hydrogens is 423 g/mol. The van der Waals surface area contributed by atoms with Crippen molar-refractivity contribution >= 4 is 23.3 Å². The number of rotatable bonds is 6. The van der Waals surface area contributed by atoms with Crippen molar-refractivity contribution in [1.29, 1.82) is 0 Å². The van der Waals surface area contributed by atoms with Crippen LogP contribution in [0.25, 0.3) is 0 Å². The second-order valence-electron chi connectivity index (χ2n) is 8.25. The van der Waals surface area contributed by atoms with Crippen molar-refractivity contribution < 1.29 is 27.0 Å². The molecule has 1 aliphatic heterocycles. The zero-order chi connectivity index (χ0) is 23.5. The number of halogens is 3. The predicted octanol–water partition coefficient (Wildman–Crippen LogP) is 4.04. The van der Waals surface area contributed by atoms with E-state index in [1.54, 1.807) is 30.3 Å². The van der Waals surface area contributed by atoms with E-state index >= 15 is 0 Å². The summed E-state index contributed by atoms with van der Waals surface area (Å²) in [5.74, 6) is -0.453. The van der Waals surface area contributed by atoms with E-state index in [-0.39, 0.29) is 45.6 Å². The van der Waals surface area contributed by atoms with Crippen LogP contribution in [0.15, 0.2) is 36.5 Å². The van der Waals surface area contributed by atoms with Crippen LogP contribution in [0.5, 0.6) is 0 Å². The second kappa shape index (κ2) is 9.54. The van der Waals surface area contributed by atoms with Gasteiger partial charge in [-0.1, -0.05) is 19.9 Å². The molecule has 2 N–H and O–H groups in total. The molecule has 0 spiro atoms. The topological polar surface area (TPSA) is 92.4 Å². The number of amides is 1. The van der Waals surface area contributed by atoms with Gasteiger partial charge in [-0.05, 0) is 36.6 Å². The van der Waals surface area contributed by atoms with Crippen molar-refractivity contribution in [2.24, 2.45) is 5.92 Å². The number of nitrogen functional groups attached to an aromatic ring is 1. The van der Waals surface area contributed by atoms with Crippen LogP contribution in [0.2, 0.25) is 0 Å². The molecule has 0 radical (unpaired) electrons. The van der Waals surface area contributed by atoms with Crippen molar-refractivity contribution in [2.45, 2.75) is 38.9 Å². The van der Waals surface area contributed by atoms with Crippen LogP contribution in [-0.2, 0) is 4.79 Å². The summed E-state index contributed by atoms with van der Waals surface area (Å²) in [6.45, 7) is 4.73. The van der Waals surface area contributed by atoms with Crippen LogP contribution < -0.4 is 10.6 Å². The molecule has 0 aliphatic carbocycles. The van der Waals surface area contributed by atoms with Crippen molar-refractivity contribution in [3.8, 4) is 0 Å². The quantitative estimate of drug-likeness (QED) is 0.661. The Hall–Kier alpha value is -3.17. The molecule has 1 atom stereocenters. The molecule has 1 amide bonds. The maximum absolute atomic E-state index is 12.8. The van der Waals surface area contributed by atoms with Crippen LogP contribution in [0.3, 0.4) is 0 Å². The minimum Gasteiger partial charge on any atom is -0.383 e. The Kier molecular flexibility index (Phi) is 7.00. The fraction of sp³-hybridized carbons (Fsp3) is 0.455. The highest BCUT2D eigenvalue weighted by Gasteiger charge is 2.38. The van der Waals surface area contributed by atoms with Gasteiger partial charge < -0.3 is 15.5 Å². The number of hydrogen-bond donors (Lipinski definition) is 1. The van der Waals surface area contributed by atoms with E-state index in [1.165, 1.54) is 11.1 Å². The molecular formula is C22H32F3N5O2. The Bertz CT molecular complexity index is 995. The van der Waals surface area contributed by atoms with Gasteiger partial charge in [0.25, 0.3) is 0 Å². The van der Waals surface area contributed by atoms with E-state index in [2.05, 4.69) is 9.97 Å². The fourth-order valence-electron chi connectivity index (χ4n) is 3.88. The first kappa shape index (κ1) is 23.5. The number of aromatic nitrogens is 2. The molecule has 7 nitrogen and oxygen atoms in total. The number of piperazine rings is 1. The summed E-state index contributed by atoms with van der Waals surface area (Å²) < 4.78 is 38.3. The lowest BCUT2D eigenvalue weighted by molar-refractivity contribution is -0.163. The summed E-state index contributed by atoms with van der Waals surface area (Å²) in [4.78, 5) is 36.7. The summed E-state index contributed by atoms with van der Waals surface area (Å²) in [5.41, 5.74) is 6.24. The molecule has 3 rings (SSSR count). The summed E-state index contributed by atoms with van der Waals surface area (Å²) >= 11 is 0. The molecule has 178 valence electrons. The van der Waals surface area contributed by atoms with Gasteiger partial charge in [0.1, 0.15) is 23.8 Å². The van der Waals surface area contributed by atoms with E-state index in [4.69, 9.17) is 5.73 Å². The predicted molar refractivity (Wildman–Crippen MR) is 121 cm³/mol. The van der Waals surface area contributed by atoms with Crippen LogP contribution in [0, 0.1) is 5.92 Å². The molecule has 10 heteroatoms. The third-order valence-electron chi connectivity index (χ3n) is 5.27. The Morgan fingerprint density at radius 2 is 1.97 bits per heavy atom. The van der Waals surface area contributed by atoms with Gasteiger partial charge in [-0.25, -0.2) is 9.97 Å². The Balaban J connectivity index is 0.00000385. The van der Waals surface area contributed by atoms with Crippen LogP contribution in [0.4, 0.5) is 24.8 Å². The zero-order valence-electron chi connectivity index (χ0n) is 18.0. The van der Waals surface area contributed by atoms with E-state index in [9.17, 15) is 22.8 Å². The van der Waals surface area contributed by atoms with Crippen LogP contribution >= 0.6 is 0 Å². The summed E-state index contributed by atoms with van der Waals surface area (Å²) in [7, 11) is 0. The molecule has 1 aliphatic rings. The maximum atomic E-state index is 12.8. The highest BCUT2D eigenvalue weighted by atomic mass is 19.4. The normalized spacial score (nSPS) is 17.0.